The van der Waals surface area contributed by atoms with E-state index in [0.717, 1.165) is 5.56 Å². The molecule has 0 spiro atoms. The Morgan fingerprint density at radius 3 is 2.21 bits per heavy atom. The zero-order valence-corrected chi connectivity index (χ0v) is 16.7. The van der Waals surface area contributed by atoms with E-state index in [1.165, 1.54) is 20.3 Å². The highest BCUT2D eigenvalue weighted by molar-refractivity contribution is 6.10. The van der Waals surface area contributed by atoms with E-state index in [0.29, 0.717) is 34.4 Å². The minimum atomic E-state index is -0.522. The molecule has 6 heteroatoms. The molecule has 0 saturated heterocycles. The standard InChI is InChI=1S/C22H24N2O4/c1-14(2)15-6-8-19(26-3)16(10-15)11-17(13-23)22(25)24-18-7-9-20(27-4)21(12-18)28-5/h6-12,14H,1-5H3,(H,24,25)/b17-11+. The van der Waals surface area contributed by atoms with Crippen LogP contribution in [0.1, 0.15) is 30.9 Å². The Hall–Kier alpha value is -3.46. The summed E-state index contributed by atoms with van der Waals surface area (Å²) in [6.45, 7) is 4.15. The first-order valence-electron chi connectivity index (χ1n) is 8.76. The first-order chi connectivity index (χ1) is 13.4. The van der Waals surface area contributed by atoms with Crippen molar-refractivity contribution in [2.75, 3.05) is 26.6 Å². The van der Waals surface area contributed by atoms with Crippen molar-refractivity contribution in [3.63, 3.8) is 0 Å². The molecule has 146 valence electrons. The van der Waals surface area contributed by atoms with Crippen LogP contribution in [-0.4, -0.2) is 27.2 Å². The molecule has 0 bridgehead atoms. The first-order valence-corrected chi connectivity index (χ1v) is 8.76. The average Bonchev–Trinajstić information content (AvgIpc) is 2.71. The lowest BCUT2D eigenvalue weighted by molar-refractivity contribution is -0.112. The Morgan fingerprint density at radius 2 is 1.64 bits per heavy atom. The fourth-order valence-electron chi connectivity index (χ4n) is 2.64. The van der Waals surface area contributed by atoms with Crippen molar-refractivity contribution in [3.05, 3.63) is 53.1 Å². The molecular weight excluding hydrogens is 356 g/mol. The number of anilines is 1. The summed E-state index contributed by atoms with van der Waals surface area (Å²) in [7, 11) is 4.60. The summed E-state index contributed by atoms with van der Waals surface area (Å²) in [6.07, 6.45) is 1.53. The molecule has 0 saturated carbocycles. The van der Waals surface area contributed by atoms with Crippen LogP contribution in [0.5, 0.6) is 17.2 Å². The number of carbonyl (C=O) groups is 1. The Morgan fingerprint density at radius 1 is 1.00 bits per heavy atom. The zero-order chi connectivity index (χ0) is 20.7. The smallest absolute Gasteiger partial charge is 0.266 e. The van der Waals surface area contributed by atoms with Gasteiger partial charge in [0.05, 0.1) is 21.3 Å². The number of rotatable bonds is 7. The Balaban J connectivity index is 2.34. The Labute approximate surface area is 165 Å². The highest BCUT2D eigenvalue weighted by Crippen LogP contribution is 2.30. The molecule has 0 aromatic heterocycles. The third-order valence-electron chi connectivity index (χ3n) is 4.23. The quantitative estimate of drug-likeness (QED) is 0.569. The van der Waals surface area contributed by atoms with E-state index < -0.39 is 5.91 Å². The van der Waals surface area contributed by atoms with Crippen LogP contribution >= 0.6 is 0 Å². The number of hydrogen-bond acceptors (Lipinski definition) is 5. The lowest BCUT2D eigenvalue weighted by Gasteiger charge is -2.12. The molecule has 28 heavy (non-hydrogen) atoms. The number of nitrogens with zero attached hydrogens (tertiary/aromatic N) is 1. The molecule has 1 amide bonds. The van der Waals surface area contributed by atoms with Crippen molar-refractivity contribution in [3.8, 4) is 23.3 Å². The van der Waals surface area contributed by atoms with Crippen LogP contribution in [0.3, 0.4) is 0 Å². The van der Waals surface area contributed by atoms with Crippen molar-refractivity contribution in [2.45, 2.75) is 19.8 Å². The highest BCUT2D eigenvalue weighted by atomic mass is 16.5. The maximum Gasteiger partial charge on any atom is 0.266 e. The number of nitrogens with one attached hydrogen (secondary N) is 1. The van der Waals surface area contributed by atoms with E-state index in [9.17, 15) is 10.1 Å². The van der Waals surface area contributed by atoms with Gasteiger partial charge in [-0.2, -0.15) is 5.26 Å². The van der Waals surface area contributed by atoms with Crippen molar-refractivity contribution in [1.29, 1.82) is 5.26 Å². The molecule has 1 N–H and O–H groups in total. The molecule has 0 unspecified atom stereocenters. The van der Waals surface area contributed by atoms with Crippen LogP contribution in [0.4, 0.5) is 5.69 Å². The lowest BCUT2D eigenvalue weighted by atomic mass is 9.99. The van der Waals surface area contributed by atoms with Crippen molar-refractivity contribution < 1.29 is 19.0 Å². The van der Waals surface area contributed by atoms with Gasteiger partial charge in [0.1, 0.15) is 17.4 Å². The summed E-state index contributed by atoms with van der Waals surface area (Å²) < 4.78 is 15.8. The van der Waals surface area contributed by atoms with E-state index in [1.54, 1.807) is 25.3 Å². The monoisotopic (exact) mass is 380 g/mol. The fourth-order valence-corrected chi connectivity index (χ4v) is 2.64. The van der Waals surface area contributed by atoms with Gasteiger partial charge in [0.2, 0.25) is 0 Å². The molecule has 0 aliphatic carbocycles. The van der Waals surface area contributed by atoms with E-state index in [2.05, 4.69) is 19.2 Å². The number of benzene rings is 2. The summed E-state index contributed by atoms with van der Waals surface area (Å²) in [5, 5.41) is 12.2. The van der Waals surface area contributed by atoms with Crippen molar-refractivity contribution in [1.82, 2.24) is 0 Å². The maximum absolute atomic E-state index is 12.6. The molecule has 6 nitrogen and oxygen atoms in total. The molecule has 0 atom stereocenters. The van der Waals surface area contributed by atoms with Gasteiger partial charge in [0.15, 0.2) is 11.5 Å². The summed E-state index contributed by atoms with van der Waals surface area (Å²) in [4.78, 5) is 12.6. The van der Waals surface area contributed by atoms with E-state index >= 15 is 0 Å². The number of methoxy groups -OCH3 is 3. The van der Waals surface area contributed by atoms with E-state index in [1.807, 2.05) is 24.3 Å². The van der Waals surface area contributed by atoms with Crippen LogP contribution < -0.4 is 19.5 Å². The maximum atomic E-state index is 12.6. The average molecular weight is 380 g/mol. The van der Waals surface area contributed by atoms with Crippen LogP contribution in [-0.2, 0) is 4.79 Å². The molecule has 0 fully saturated rings. The minimum absolute atomic E-state index is 0.0333. The molecule has 2 aromatic carbocycles. The highest BCUT2D eigenvalue weighted by Gasteiger charge is 2.14. The predicted octanol–water partition coefficient (Wildman–Crippen LogP) is 4.38. The zero-order valence-electron chi connectivity index (χ0n) is 16.7. The summed E-state index contributed by atoms with van der Waals surface area (Å²) >= 11 is 0. The molecule has 0 aliphatic heterocycles. The number of hydrogen-bond donors (Lipinski definition) is 1. The van der Waals surface area contributed by atoms with E-state index in [4.69, 9.17) is 14.2 Å². The molecule has 0 aliphatic rings. The van der Waals surface area contributed by atoms with Crippen LogP contribution in [0, 0.1) is 11.3 Å². The van der Waals surface area contributed by atoms with Crippen LogP contribution in [0.25, 0.3) is 6.08 Å². The minimum Gasteiger partial charge on any atom is -0.496 e. The number of ether oxygens (including phenoxy) is 3. The lowest BCUT2D eigenvalue weighted by Crippen LogP contribution is -2.13. The number of nitriles is 1. The summed E-state index contributed by atoms with van der Waals surface area (Å²) in [6, 6.07) is 12.7. The van der Waals surface area contributed by atoms with E-state index in [-0.39, 0.29) is 5.57 Å². The van der Waals surface area contributed by atoms with Gasteiger partial charge >= 0.3 is 0 Å². The van der Waals surface area contributed by atoms with Gasteiger partial charge in [0, 0.05) is 17.3 Å². The summed E-state index contributed by atoms with van der Waals surface area (Å²) in [5.74, 6) is 1.41. The normalized spacial score (nSPS) is 11.0. The van der Waals surface area contributed by atoms with Gasteiger partial charge in [-0.05, 0) is 41.8 Å². The first kappa shape index (κ1) is 20.8. The number of carbonyl (C=O) groups excluding carboxylic acids is 1. The van der Waals surface area contributed by atoms with Crippen molar-refractivity contribution >= 4 is 17.7 Å². The summed E-state index contributed by atoms with van der Waals surface area (Å²) in [5.41, 5.74) is 2.22. The van der Waals surface area contributed by atoms with Crippen molar-refractivity contribution in [2.24, 2.45) is 0 Å². The third kappa shape index (κ3) is 4.83. The van der Waals surface area contributed by atoms with Gasteiger partial charge in [0.25, 0.3) is 5.91 Å². The fraction of sp³-hybridized carbons (Fsp3) is 0.273. The molecular formula is C22H24N2O4. The van der Waals surface area contributed by atoms with Gasteiger partial charge < -0.3 is 19.5 Å². The van der Waals surface area contributed by atoms with Crippen LogP contribution in [0.15, 0.2) is 42.0 Å². The topological polar surface area (TPSA) is 80.6 Å². The van der Waals surface area contributed by atoms with Gasteiger partial charge in [-0.25, -0.2) is 0 Å². The molecule has 2 rings (SSSR count). The van der Waals surface area contributed by atoms with Gasteiger partial charge in [-0.3, -0.25) is 4.79 Å². The molecule has 0 radical (unpaired) electrons. The third-order valence-corrected chi connectivity index (χ3v) is 4.23. The second-order valence-corrected chi connectivity index (χ2v) is 6.35. The molecule has 0 heterocycles. The second-order valence-electron chi connectivity index (χ2n) is 6.35. The predicted molar refractivity (Wildman–Crippen MR) is 109 cm³/mol. The Bertz CT molecular complexity index is 927. The number of amides is 1. The Kier molecular flexibility index (Phi) is 7.05. The molecule has 2 aromatic rings. The van der Waals surface area contributed by atoms with Crippen LogP contribution in [0.2, 0.25) is 0 Å². The van der Waals surface area contributed by atoms with Gasteiger partial charge in [-0.1, -0.05) is 19.9 Å². The largest absolute Gasteiger partial charge is 0.496 e. The second kappa shape index (κ2) is 9.47. The van der Waals surface area contributed by atoms with Gasteiger partial charge in [-0.15, -0.1) is 0 Å². The SMILES string of the molecule is COc1ccc(C(C)C)cc1/C=C(\C#N)C(=O)Nc1ccc(OC)c(OC)c1.